The van der Waals surface area contributed by atoms with Crippen LogP contribution in [0.25, 0.3) is 0 Å². The topological polar surface area (TPSA) is 130 Å². The molecule has 0 aliphatic carbocycles. The number of β-amino-alcohol motifs (C(OH)–C–C–N with tert-alkyl or cyclic N) is 1. The van der Waals surface area contributed by atoms with E-state index in [1.165, 1.54) is 0 Å². The Kier molecular flexibility index (Phi) is 10.4. The first-order chi connectivity index (χ1) is 12.1. The zero-order valence-electron chi connectivity index (χ0n) is 14.5. The molecule has 25 heavy (non-hydrogen) atoms. The van der Waals surface area contributed by atoms with Crippen LogP contribution in [0, 0.1) is 0 Å². The Morgan fingerprint density at radius 1 is 1.56 bits per heavy atom. The number of aliphatic hydroxyl groups excluding tert-OH is 1. The average molecular weight is 357 g/mol. The van der Waals surface area contributed by atoms with E-state index < -0.39 is 0 Å². The molecule has 1 aromatic rings. The Morgan fingerprint density at radius 3 is 3.00 bits per heavy atom. The van der Waals surface area contributed by atoms with Crippen molar-refractivity contribution < 1.29 is 24.5 Å². The van der Waals surface area contributed by atoms with Gasteiger partial charge in [0, 0.05) is 26.8 Å². The fourth-order valence-electron chi connectivity index (χ4n) is 2.59. The molecule has 10 heteroatoms. The highest BCUT2D eigenvalue weighted by Gasteiger charge is 2.19. The lowest BCUT2D eigenvalue weighted by Crippen LogP contribution is -2.44. The minimum absolute atomic E-state index is 0.0551. The summed E-state index contributed by atoms with van der Waals surface area (Å²) < 4.78 is 6.94. The van der Waals surface area contributed by atoms with Crippen LogP contribution >= 0.6 is 0 Å². The standard InChI is InChI=1S/C14H25N5O3.CH2O2/c1-22-7-3-6-19-11-16-17-13(19)8-15-14(21)10-18-5-2-4-12(20)9-18;2-1-3/h11-12,20H,2-10H2,1H3,(H,15,21);1H,(H,2,3). The fraction of sp³-hybridized carbons (Fsp3) is 0.733. The van der Waals surface area contributed by atoms with Gasteiger partial charge in [0.2, 0.25) is 5.91 Å². The largest absolute Gasteiger partial charge is 0.483 e. The first-order valence-corrected chi connectivity index (χ1v) is 8.21. The fourth-order valence-corrected chi connectivity index (χ4v) is 2.59. The zero-order chi connectivity index (χ0) is 18.5. The van der Waals surface area contributed by atoms with Gasteiger partial charge in [0.15, 0.2) is 5.82 Å². The summed E-state index contributed by atoms with van der Waals surface area (Å²) in [4.78, 5) is 22.3. The van der Waals surface area contributed by atoms with Crippen molar-refractivity contribution in [3.05, 3.63) is 12.2 Å². The number of piperidine rings is 1. The maximum atomic E-state index is 12.0. The molecule has 3 N–H and O–H groups in total. The molecule has 2 rings (SSSR count). The van der Waals surface area contributed by atoms with Gasteiger partial charge in [-0.3, -0.25) is 14.5 Å². The van der Waals surface area contributed by atoms with E-state index in [1.54, 1.807) is 13.4 Å². The first-order valence-electron chi connectivity index (χ1n) is 8.21. The summed E-state index contributed by atoms with van der Waals surface area (Å²) in [7, 11) is 1.67. The number of likely N-dealkylation sites (tertiary alicyclic amines) is 1. The summed E-state index contributed by atoms with van der Waals surface area (Å²) in [6, 6.07) is 0. The Balaban J connectivity index is 0.000000970. The minimum atomic E-state index is -0.314. The lowest BCUT2D eigenvalue weighted by molar-refractivity contribution is -0.123. The van der Waals surface area contributed by atoms with Crippen LogP contribution < -0.4 is 5.32 Å². The van der Waals surface area contributed by atoms with Gasteiger partial charge in [-0.2, -0.15) is 0 Å². The Bertz CT molecular complexity index is 510. The molecule has 10 nitrogen and oxygen atoms in total. The number of amides is 1. The van der Waals surface area contributed by atoms with Crippen molar-refractivity contribution in [3.63, 3.8) is 0 Å². The SMILES string of the molecule is COCCCn1cnnc1CNC(=O)CN1CCCC(O)C1.O=CO. The minimum Gasteiger partial charge on any atom is -0.483 e. The molecular weight excluding hydrogens is 330 g/mol. The summed E-state index contributed by atoms with van der Waals surface area (Å²) >= 11 is 0. The average Bonchev–Trinajstić information content (AvgIpc) is 3.01. The molecule has 1 saturated heterocycles. The van der Waals surface area contributed by atoms with Crippen LogP contribution in [0.2, 0.25) is 0 Å². The molecule has 1 aliphatic rings. The summed E-state index contributed by atoms with van der Waals surface area (Å²) in [5.74, 6) is 0.684. The third kappa shape index (κ3) is 8.57. The van der Waals surface area contributed by atoms with Crippen molar-refractivity contribution >= 4 is 12.4 Å². The number of hydrogen-bond donors (Lipinski definition) is 3. The number of carbonyl (C=O) groups is 2. The number of carboxylic acid groups (broad SMARTS) is 1. The van der Waals surface area contributed by atoms with Crippen molar-refractivity contribution in [2.75, 3.05) is 33.4 Å². The number of nitrogens with zero attached hydrogens (tertiary/aromatic N) is 4. The quantitative estimate of drug-likeness (QED) is 0.403. The van der Waals surface area contributed by atoms with E-state index in [0.717, 1.165) is 38.2 Å². The molecule has 0 radical (unpaired) electrons. The number of carbonyl (C=O) groups excluding carboxylic acids is 1. The lowest BCUT2D eigenvalue weighted by Gasteiger charge is -2.29. The molecular formula is C15H27N5O5. The predicted octanol–water partition coefficient (Wildman–Crippen LogP) is -0.912. The van der Waals surface area contributed by atoms with Crippen LogP contribution in [0.5, 0.6) is 0 Å². The number of aromatic nitrogens is 3. The number of rotatable bonds is 8. The monoisotopic (exact) mass is 357 g/mol. The van der Waals surface area contributed by atoms with E-state index in [1.807, 2.05) is 9.47 Å². The molecule has 0 spiro atoms. The van der Waals surface area contributed by atoms with Gasteiger partial charge >= 0.3 is 0 Å². The third-order valence-corrected chi connectivity index (χ3v) is 3.73. The Morgan fingerprint density at radius 2 is 2.32 bits per heavy atom. The van der Waals surface area contributed by atoms with Crippen molar-refractivity contribution in [2.45, 2.75) is 38.5 Å². The van der Waals surface area contributed by atoms with E-state index in [4.69, 9.17) is 14.6 Å². The van der Waals surface area contributed by atoms with Gasteiger partial charge in [-0.1, -0.05) is 0 Å². The Hall–Kier alpha value is -2.04. The highest BCUT2D eigenvalue weighted by atomic mass is 16.5. The van der Waals surface area contributed by atoms with E-state index >= 15 is 0 Å². The Labute approximate surface area is 146 Å². The van der Waals surface area contributed by atoms with Crippen molar-refractivity contribution in [3.8, 4) is 0 Å². The van der Waals surface area contributed by atoms with Crippen LogP contribution in [0.1, 0.15) is 25.1 Å². The van der Waals surface area contributed by atoms with Gasteiger partial charge < -0.3 is 24.8 Å². The smallest absolute Gasteiger partial charge is 0.290 e. The van der Waals surface area contributed by atoms with Gasteiger partial charge in [0.05, 0.1) is 19.2 Å². The summed E-state index contributed by atoms with van der Waals surface area (Å²) in [6.07, 6.45) is 3.98. The number of hydrogen-bond acceptors (Lipinski definition) is 7. The number of aliphatic hydroxyl groups is 1. The van der Waals surface area contributed by atoms with Crippen LogP contribution in [-0.4, -0.2) is 81.7 Å². The molecule has 0 aromatic carbocycles. The predicted molar refractivity (Wildman–Crippen MR) is 88.7 cm³/mol. The molecule has 1 atom stereocenters. The molecule has 142 valence electrons. The molecule has 1 amide bonds. The van der Waals surface area contributed by atoms with Crippen molar-refractivity contribution in [1.29, 1.82) is 0 Å². The number of nitrogens with one attached hydrogen (secondary N) is 1. The molecule has 1 aliphatic heterocycles. The lowest BCUT2D eigenvalue weighted by atomic mass is 10.1. The highest BCUT2D eigenvalue weighted by Crippen LogP contribution is 2.08. The van der Waals surface area contributed by atoms with Crippen molar-refractivity contribution in [1.82, 2.24) is 25.0 Å². The summed E-state index contributed by atoms with van der Waals surface area (Å²) in [5.41, 5.74) is 0. The van der Waals surface area contributed by atoms with Gasteiger partial charge in [-0.15, -0.1) is 10.2 Å². The van der Waals surface area contributed by atoms with E-state index in [0.29, 0.717) is 26.2 Å². The third-order valence-electron chi connectivity index (χ3n) is 3.73. The molecule has 1 unspecified atom stereocenters. The number of aryl methyl sites for hydroxylation is 1. The molecule has 0 bridgehead atoms. The van der Waals surface area contributed by atoms with Crippen molar-refractivity contribution in [2.24, 2.45) is 0 Å². The maximum absolute atomic E-state index is 12.0. The summed E-state index contributed by atoms with van der Waals surface area (Å²) in [5, 5.41) is 27.3. The van der Waals surface area contributed by atoms with Crippen LogP contribution in [0.3, 0.4) is 0 Å². The van der Waals surface area contributed by atoms with Gasteiger partial charge in [0.25, 0.3) is 6.47 Å². The number of ether oxygens (including phenoxy) is 1. The van der Waals surface area contributed by atoms with E-state index in [-0.39, 0.29) is 18.5 Å². The maximum Gasteiger partial charge on any atom is 0.290 e. The second kappa shape index (κ2) is 12.3. The normalized spacial score (nSPS) is 17.4. The number of methoxy groups -OCH3 is 1. The van der Waals surface area contributed by atoms with Crippen LogP contribution in [0.15, 0.2) is 6.33 Å². The van der Waals surface area contributed by atoms with E-state index in [2.05, 4.69) is 15.5 Å². The van der Waals surface area contributed by atoms with Crippen LogP contribution in [0.4, 0.5) is 0 Å². The van der Waals surface area contributed by atoms with Gasteiger partial charge in [0.1, 0.15) is 6.33 Å². The second-order valence-electron chi connectivity index (χ2n) is 5.70. The zero-order valence-corrected chi connectivity index (χ0v) is 14.5. The van der Waals surface area contributed by atoms with Gasteiger partial charge in [-0.05, 0) is 25.8 Å². The van der Waals surface area contributed by atoms with Gasteiger partial charge in [-0.25, -0.2) is 0 Å². The molecule has 1 aromatic heterocycles. The van der Waals surface area contributed by atoms with E-state index in [9.17, 15) is 9.90 Å². The highest BCUT2D eigenvalue weighted by molar-refractivity contribution is 5.77. The molecule has 0 saturated carbocycles. The molecule has 1 fully saturated rings. The first kappa shape index (κ1) is 21.0. The van der Waals surface area contributed by atoms with Crippen LogP contribution in [-0.2, 0) is 27.4 Å². The summed E-state index contributed by atoms with van der Waals surface area (Å²) in [6.45, 7) is 3.31. The second-order valence-corrected chi connectivity index (χ2v) is 5.70. The molecule has 2 heterocycles.